The minimum Gasteiger partial charge on any atom is -0.598 e. The van der Waals surface area contributed by atoms with Crippen molar-refractivity contribution >= 4 is 45.9 Å². The molecule has 1 fully saturated rings. The molecule has 2 atom stereocenters. The minimum absolute atomic E-state index is 0.121. The maximum atomic E-state index is 13.6. The number of hydrogen-bond acceptors (Lipinski definition) is 7. The molecule has 7 nitrogen and oxygen atoms in total. The summed E-state index contributed by atoms with van der Waals surface area (Å²) in [7, 11) is 3.59. The third kappa shape index (κ3) is 5.79. The Morgan fingerprint density at radius 2 is 2.00 bits per heavy atom. The van der Waals surface area contributed by atoms with Crippen molar-refractivity contribution in [3.8, 4) is 11.3 Å². The number of amides is 1. The summed E-state index contributed by atoms with van der Waals surface area (Å²) >= 11 is 0.424. The molecule has 1 aliphatic rings. The van der Waals surface area contributed by atoms with Gasteiger partial charge in [-0.25, -0.2) is 4.39 Å². The van der Waals surface area contributed by atoms with Gasteiger partial charge in [0.25, 0.3) is 5.91 Å². The van der Waals surface area contributed by atoms with Crippen LogP contribution in [0.5, 0.6) is 0 Å². The number of halogens is 1. The Labute approximate surface area is 235 Å². The summed E-state index contributed by atoms with van der Waals surface area (Å²) in [6.07, 6.45) is 7.32. The van der Waals surface area contributed by atoms with E-state index in [9.17, 15) is 13.7 Å². The third-order valence-corrected chi connectivity index (χ3v) is 9.39. The number of nitrogens with zero attached hydrogens (tertiary/aromatic N) is 3. The fourth-order valence-corrected chi connectivity index (χ4v) is 6.79. The number of furan rings is 1. The van der Waals surface area contributed by atoms with Gasteiger partial charge in [-0.15, -0.1) is 4.31 Å². The lowest BCUT2D eigenvalue weighted by Crippen LogP contribution is -2.40. The van der Waals surface area contributed by atoms with Crippen molar-refractivity contribution in [3.63, 3.8) is 0 Å². The topological polar surface area (TPSA) is 84.7 Å². The molecule has 1 N–H and O–H groups in total. The van der Waals surface area contributed by atoms with Crippen LogP contribution in [0.2, 0.25) is 0 Å². The molecule has 0 aliphatic carbocycles. The number of carbonyl (C=O) groups is 1. The normalized spacial score (nSPS) is 16.8. The largest absolute Gasteiger partial charge is 0.598 e. The van der Waals surface area contributed by atoms with Crippen LogP contribution in [0, 0.1) is 5.82 Å². The Kier molecular flexibility index (Phi) is 8.46. The van der Waals surface area contributed by atoms with Gasteiger partial charge in [-0.3, -0.25) is 9.78 Å². The van der Waals surface area contributed by atoms with Crippen LogP contribution in [0.15, 0.2) is 65.3 Å². The second-order valence-corrected chi connectivity index (χ2v) is 11.9. The SMILES string of the molecule is CNC(=O)c1c(-c2ccc(F)cc2)oc2cc(N(C)SC)c([C@H]3CCCN([S+]([O-])Cc4ccncc4)C3)cc12. The first-order valence-electron chi connectivity index (χ1n) is 12.8. The molecule has 0 saturated carbocycles. The minimum atomic E-state index is -1.16. The van der Waals surface area contributed by atoms with Gasteiger partial charge in [0.2, 0.25) is 0 Å². The summed E-state index contributed by atoms with van der Waals surface area (Å²) in [4.78, 5) is 17.2. The van der Waals surface area contributed by atoms with Gasteiger partial charge in [-0.05, 0) is 60.9 Å². The standard InChI is InChI=1S/C29H31FN4O3S2/c1-31-29(35)27-24-15-23(21-5-4-14-34(17-21)39(36)18-19-10-12-32-13-11-19)25(33(2)38-3)16-26(24)37-28(27)20-6-8-22(30)9-7-20/h6-13,15-16,21H,4-5,14,17-18H2,1-3H3,(H,31,35)/t21-,39?/m0/s1. The van der Waals surface area contributed by atoms with Gasteiger partial charge in [0, 0.05) is 79.1 Å². The highest BCUT2D eigenvalue weighted by atomic mass is 32.2. The number of hydrogen-bond donors (Lipinski definition) is 1. The van der Waals surface area contributed by atoms with Crippen LogP contribution in [0.25, 0.3) is 22.3 Å². The molecular weight excluding hydrogens is 535 g/mol. The molecule has 0 bridgehead atoms. The number of nitrogens with one attached hydrogen (secondary N) is 1. The quantitative estimate of drug-likeness (QED) is 0.215. The number of piperidine rings is 1. The van der Waals surface area contributed by atoms with Crippen molar-refractivity contribution in [2.75, 3.05) is 37.7 Å². The molecule has 2 aromatic carbocycles. The summed E-state index contributed by atoms with van der Waals surface area (Å²) < 4.78 is 37.4. The van der Waals surface area contributed by atoms with Gasteiger partial charge < -0.3 is 18.6 Å². The molecule has 204 valence electrons. The predicted octanol–water partition coefficient (Wildman–Crippen LogP) is 5.75. The summed E-state index contributed by atoms with van der Waals surface area (Å²) in [5, 5.41) is 3.44. The molecule has 3 heterocycles. The van der Waals surface area contributed by atoms with Crippen molar-refractivity contribution in [2.24, 2.45) is 0 Å². The monoisotopic (exact) mass is 566 g/mol. The van der Waals surface area contributed by atoms with E-state index in [1.54, 1.807) is 43.5 Å². The Bertz CT molecular complexity index is 1450. The van der Waals surface area contributed by atoms with Crippen molar-refractivity contribution in [1.82, 2.24) is 14.6 Å². The summed E-state index contributed by atoms with van der Waals surface area (Å²) in [5.74, 6) is 0.355. The van der Waals surface area contributed by atoms with E-state index >= 15 is 0 Å². The Morgan fingerprint density at radius 3 is 2.69 bits per heavy atom. The highest BCUT2D eigenvalue weighted by molar-refractivity contribution is 7.99. The first-order chi connectivity index (χ1) is 18.9. The fourth-order valence-electron chi connectivity index (χ4n) is 5.10. The van der Waals surface area contributed by atoms with E-state index in [2.05, 4.69) is 25.0 Å². The average molecular weight is 567 g/mol. The van der Waals surface area contributed by atoms with Crippen LogP contribution in [-0.4, -0.2) is 53.2 Å². The predicted molar refractivity (Wildman–Crippen MR) is 157 cm³/mol. The van der Waals surface area contributed by atoms with E-state index < -0.39 is 11.4 Å². The average Bonchev–Trinajstić information content (AvgIpc) is 3.35. The third-order valence-electron chi connectivity index (χ3n) is 7.16. The van der Waals surface area contributed by atoms with Crippen molar-refractivity contribution in [3.05, 3.63) is 83.4 Å². The van der Waals surface area contributed by atoms with Crippen LogP contribution in [-0.2, 0) is 17.1 Å². The summed E-state index contributed by atoms with van der Waals surface area (Å²) in [6.45, 7) is 1.42. The maximum Gasteiger partial charge on any atom is 0.255 e. The zero-order valence-corrected chi connectivity index (χ0v) is 23.8. The van der Waals surface area contributed by atoms with Gasteiger partial charge in [0.05, 0.1) is 17.8 Å². The Hall–Kier alpha value is -3.05. The van der Waals surface area contributed by atoms with Crippen molar-refractivity contribution < 1.29 is 18.2 Å². The van der Waals surface area contributed by atoms with E-state index in [4.69, 9.17) is 4.42 Å². The zero-order chi connectivity index (χ0) is 27.5. The maximum absolute atomic E-state index is 13.6. The smallest absolute Gasteiger partial charge is 0.255 e. The lowest BCUT2D eigenvalue weighted by atomic mass is 9.89. The second-order valence-electron chi connectivity index (χ2n) is 9.53. The first-order valence-corrected chi connectivity index (χ1v) is 15.2. The van der Waals surface area contributed by atoms with Crippen molar-refractivity contribution in [2.45, 2.75) is 24.5 Å². The molecule has 4 aromatic rings. The van der Waals surface area contributed by atoms with Gasteiger partial charge in [-0.1, -0.05) is 11.9 Å². The first kappa shape index (κ1) is 27.5. The number of fused-ring (bicyclic) bond motifs is 1. The summed E-state index contributed by atoms with van der Waals surface area (Å²) in [6, 6.07) is 13.8. The highest BCUT2D eigenvalue weighted by Crippen LogP contribution is 2.42. The molecule has 5 rings (SSSR count). The van der Waals surface area contributed by atoms with Crippen LogP contribution in [0.3, 0.4) is 0 Å². The lowest BCUT2D eigenvalue weighted by molar-refractivity contribution is 0.0964. The van der Waals surface area contributed by atoms with E-state index in [0.717, 1.165) is 36.2 Å². The zero-order valence-electron chi connectivity index (χ0n) is 22.1. The molecule has 10 heteroatoms. The Morgan fingerprint density at radius 1 is 1.26 bits per heavy atom. The molecule has 1 aliphatic heterocycles. The number of carbonyl (C=O) groups excluding carboxylic acids is 1. The lowest BCUT2D eigenvalue weighted by Gasteiger charge is -2.34. The Balaban J connectivity index is 1.56. The van der Waals surface area contributed by atoms with Gasteiger partial charge in [-0.2, -0.15) is 0 Å². The van der Waals surface area contributed by atoms with Crippen LogP contribution >= 0.6 is 11.9 Å². The molecule has 1 unspecified atom stereocenters. The number of anilines is 1. The van der Waals surface area contributed by atoms with Gasteiger partial charge in [0.1, 0.15) is 17.2 Å². The summed E-state index contributed by atoms with van der Waals surface area (Å²) in [5.41, 5.74) is 4.71. The van der Waals surface area contributed by atoms with Gasteiger partial charge >= 0.3 is 0 Å². The molecular formula is C29H31FN4O3S2. The molecule has 39 heavy (non-hydrogen) atoms. The van der Waals surface area contributed by atoms with E-state index in [1.165, 1.54) is 12.1 Å². The number of benzene rings is 2. The number of rotatable bonds is 8. The van der Waals surface area contributed by atoms with E-state index in [1.807, 2.05) is 31.5 Å². The van der Waals surface area contributed by atoms with Crippen LogP contribution < -0.4 is 9.62 Å². The number of aromatic nitrogens is 1. The molecule has 1 saturated heterocycles. The number of pyridine rings is 1. The van der Waals surface area contributed by atoms with Crippen LogP contribution in [0.4, 0.5) is 10.1 Å². The molecule has 0 radical (unpaired) electrons. The van der Waals surface area contributed by atoms with E-state index in [-0.39, 0.29) is 17.6 Å². The van der Waals surface area contributed by atoms with Gasteiger partial charge in [0.15, 0.2) is 5.75 Å². The fraction of sp³-hybridized carbons (Fsp3) is 0.310. The van der Waals surface area contributed by atoms with Crippen LogP contribution in [0.1, 0.15) is 40.2 Å². The van der Waals surface area contributed by atoms with E-state index in [0.29, 0.717) is 40.2 Å². The highest BCUT2D eigenvalue weighted by Gasteiger charge is 2.32. The second kappa shape index (κ2) is 12.0. The van der Waals surface area contributed by atoms with Crippen molar-refractivity contribution in [1.29, 1.82) is 0 Å². The molecule has 2 aromatic heterocycles. The molecule has 0 spiro atoms. The molecule has 1 amide bonds.